The van der Waals surface area contributed by atoms with Crippen molar-refractivity contribution >= 4 is 16.3 Å². The average Bonchev–Trinajstić information content (AvgIpc) is 1.78. The topological polar surface area (TPSA) is 0 Å². The molecule has 0 fully saturated rings. The Kier molecular flexibility index (Phi) is 1.84. The summed E-state index contributed by atoms with van der Waals surface area (Å²) in [7, 11) is 0. The first-order chi connectivity index (χ1) is 4.10. The van der Waals surface area contributed by atoms with Crippen LogP contribution in [0.2, 0.25) is 4.28 Å². The Hall–Kier alpha value is 0.0125. The quantitative estimate of drug-likeness (QED) is 0.446. The van der Waals surface area contributed by atoms with E-state index in [0.29, 0.717) is 4.28 Å². The van der Waals surface area contributed by atoms with Gasteiger partial charge >= 0.3 is 0 Å². The maximum absolute atomic E-state index is 2.85. The molecule has 0 N–H and O–H groups in total. The van der Waals surface area contributed by atoms with Gasteiger partial charge in [-0.25, -0.2) is 0 Å². The molecule has 0 saturated carbocycles. The SMILES string of the molecule is CC1=CC[C](C)([Al])C=C1. The molecular formula is C8H11Al. The summed E-state index contributed by atoms with van der Waals surface area (Å²) in [5.74, 6) is 0. The first kappa shape index (κ1) is 7.12. The standard InChI is InChI=1S/C8H11.Al/c1-7-3-5-8(2)6-4-7;/h3-5H,6H2,1-2H3;. The zero-order valence-corrected chi connectivity index (χ0v) is 7.17. The summed E-state index contributed by atoms with van der Waals surface area (Å²) in [6, 6.07) is 0. The van der Waals surface area contributed by atoms with Crippen molar-refractivity contribution in [2.75, 3.05) is 0 Å². The lowest BCUT2D eigenvalue weighted by Crippen LogP contribution is -2.05. The summed E-state index contributed by atoms with van der Waals surface area (Å²) in [6.07, 6.45) is 7.84. The third-order valence-electron chi connectivity index (χ3n) is 1.59. The molecule has 1 rings (SSSR count). The lowest BCUT2D eigenvalue weighted by Gasteiger charge is -2.22. The summed E-state index contributed by atoms with van der Waals surface area (Å²) in [5.41, 5.74) is 1.38. The zero-order chi connectivity index (χ0) is 6.91. The fourth-order valence-corrected chi connectivity index (χ4v) is 1.05. The fraction of sp³-hybridized carbons (Fsp3) is 0.500. The highest BCUT2D eigenvalue weighted by Gasteiger charge is 2.12. The van der Waals surface area contributed by atoms with Crippen LogP contribution >= 0.6 is 0 Å². The molecule has 9 heavy (non-hydrogen) atoms. The van der Waals surface area contributed by atoms with E-state index in [1.165, 1.54) is 5.57 Å². The van der Waals surface area contributed by atoms with Crippen LogP contribution in [0.3, 0.4) is 0 Å². The molecule has 0 nitrogen and oxygen atoms in total. The number of hydrogen-bond donors (Lipinski definition) is 0. The number of allylic oxidation sites excluding steroid dienone is 4. The summed E-state index contributed by atoms with van der Waals surface area (Å²) in [6.45, 7) is 4.35. The Labute approximate surface area is 65.1 Å². The van der Waals surface area contributed by atoms with Crippen molar-refractivity contribution in [1.82, 2.24) is 0 Å². The molecule has 1 heteroatoms. The molecule has 0 bridgehead atoms. The van der Waals surface area contributed by atoms with Gasteiger partial charge in [-0.3, -0.25) is 0 Å². The van der Waals surface area contributed by atoms with E-state index in [4.69, 9.17) is 0 Å². The predicted molar refractivity (Wildman–Crippen MR) is 41.6 cm³/mol. The molecule has 2 radical (unpaired) electrons. The lowest BCUT2D eigenvalue weighted by molar-refractivity contribution is 0.758. The van der Waals surface area contributed by atoms with Crippen molar-refractivity contribution in [1.29, 1.82) is 0 Å². The van der Waals surface area contributed by atoms with E-state index in [2.05, 4.69) is 48.4 Å². The van der Waals surface area contributed by atoms with Crippen LogP contribution < -0.4 is 0 Å². The Morgan fingerprint density at radius 3 is 2.67 bits per heavy atom. The fourth-order valence-electron chi connectivity index (χ4n) is 0.839. The van der Waals surface area contributed by atoms with E-state index in [0.717, 1.165) is 6.42 Å². The first-order valence-corrected chi connectivity index (χ1v) is 3.83. The number of hydrogen-bond acceptors (Lipinski definition) is 0. The Morgan fingerprint density at radius 1 is 1.67 bits per heavy atom. The summed E-state index contributed by atoms with van der Waals surface area (Å²) in [4.78, 5) is 0. The second-order valence-corrected chi connectivity index (χ2v) is 4.31. The molecule has 0 aromatic rings. The normalized spacial score (nSPS) is 34.2. The van der Waals surface area contributed by atoms with E-state index in [9.17, 15) is 0 Å². The van der Waals surface area contributed by atoms with Gasteiger partial charge in [0.2, 0.25) is 0 Å². The highest BCUT2D eigenvalue weighted by Crippen LogP contribution is 2.31. The van der Waals surface area contributed by atoms with Crippen LogP contribution in [0.15, 0.2) is 23.8 Å². The van der Waals surface area contributed by atoms with Crippen molar-refractivity contribution in [3.63, 3.8) is 0 Å². The van der Waals surface area contributed by atoms with Gasteiger partial charge in [0.15, 0.2) is 0 Å². The van der Waals surface area contributed by atoms with E-state index in [1.54, 1.807) is 0 Å². The molecule has 0 amide bonds. The Bertz CT molecular complexity index is 163. The van der Waals surface area contributed by atoms with E-state index in [1.807, 2.05) is 0 Å². The van der Waals surface area contributed by atoms with E-state index in [-0.39, 0.29) is 0 Å². The van der Waals surface area contributed by atoms with Crippen molar-refractivity contribution in [2.45, 2.75) is 24.5 Å². The molecule has 0 spiro atoms. The van der Waals surface area contributed by atoms with Crippen LogP contribution in [0.1, 0.15) is 20.3 Å². The van der Waals surface area contributed by atoms with Gasteiger partial charge in [0.1, 0.15) is 16.3 Å². The maximum atomic E-state index is 2.85. The van der Waals surface area contributed by atoms with Crippen molar-refractivity contribution in [2.24, 2.45) is 0 Å². The van der Waals surface area contributed by atoms with Crippen LogP contribution in [-0.4, -0.2) is 16.3 Å². The van der Waals surface area contributed by atoms with Crippen molar-refractivity contribution in [3.05, 3.63) is 23.8 Å². The minimum atomic E-state index is 0.319. The zero-order valence-electron chi connectivity index (χ0n) is 6.02. The molecular weight excluding hydrogens is 123 g/mol. The van der Waals surface area contributed by atoms with Gasteiger partial charge in [-0.15, -0.1) is 0 Å². The third kappa shape index (κ3) is 2.01. The predicted octanol–water partition coefficient (Wildman–Crippen LogP) is 2.24. The van der Waals surface area contributed by atoms with Crippen LogP contribution in [0.4, 0.5) is 0 Å². The monoisotopic (exact) mass is 134 g/mol. The molecule has 0 saturated heterocycles. The Morgan fingerprint density at radius 2 is 2.33 bits per heavy atom. The van der Waals surface area contributed by atoms with Gasteiger partial charge < -0.3 is 0 Å². The minimum Gasteiger partial charge on any atom is -0.0936 e. The molecule has 1 aliphatic carbocycles. The van der Waals surface area contributed by atoms with E-state index >= 15 is 0 Å². The Balaban J connectivity index is 2.70. The highest BCUT2D eigenvalue weighted by molar-refractivity contribution is 6.16. The van der Waals surface area contributed by atoms with Crippen LogP contribution in [-0.2, 0) is 0 Å². The highest BCUT2D eigenvalue weighted by atomic mass is 27.0. The summed E-state index contributed by atoms with van der Waals surface area (Å²) in [5, 5.41) is 0. The van der Waals surface area contributed by atoms with Gasteiger partial charge in [0.25, 0.3) is 0 Å². The van der Waals surface area contributed by atoms with Gasteiger partial charge in [-0.05, 0) is 13.3 Å². The number of rotatable bonds is 0. The molecule has 0 heterocycles. The van der Waals surface area contributed by atoms with Crippen LogP contribution in [0.5, 0.6) is 0 Å². The van der Waals surface area contributed by atoms with Gasteiger partial charge in [0, 0.05) is 0 Å². The maximum Gasteiger partial charge on any atom is 0.136 e. The molecule has 46 valence electrons. The van der Waals surface area contributed by atoms with Gasteiger partial charge in [0.05, 0.1) is 0 Å². The molecule has 1 aliphatic rings. The third-order valence-corrected chi connectivity index (χ3v) is 2.02. The summed E-state index contributed by atoms with van der Waals surface area (Å²) >= 11 is 2.85. The second-order valence-electron chi connectivity index (χ2n) is 2.99. The lowest BCUT2D eigenvalue weighted by atomic mass is 9.98. The van der Waals surface area contributed by atoms with Crippen LogP contribution in [0.25, 0.3) is 0 Å². The second kappa shape index (κ2) is 2.33. The van der Waals surface area contributed by atoms with Gasteiger partial charge in [-0.2, -0.15) is 0 Å². The van der Waals surface area contributed by atoms with Crippen LogP contribution in [0, 0.1) is 0 Å². The van der Waals surface area contributed by atoms with Crippen molar-refractivity contribution in [3.8, 4) is 0 Å². The average molecular weight is 134 g/mol. The molecule has 0 aliphatic heterocycles. The van der Waals surface area contributed by atoms with Gasteiger partial charge in [-0.1, -0.05) is 35.0 Å². The summed E-state index contributed by atoms with van der Waals surface area (Å²) < 4.78 is 0.319. The largest absolute Gasteiger partial charge is 0.136 e. The van der Waals surface area contributed by atoms with Crippen molar-refractivity contribution < 1.29 is 0 Å². The molecule has 0 aromatic carbocycles. The molecule has 1 atom stereocenters. The molecule has 1 unspecified atom stereocenters. The first-order valence-electron chi connectivity index (χ1n) is 3.25. The molecule has 0 aromatic heterocycles. The minimum absolute atomic E-state index is 0.319. The smallest absolute Gasteiger partial charge is 0.0936 e. The van der Waals surface area contributed by atoms with E-state index < -0.39 is 0 Å².